The second-order valence-electron chi connectivity index (χ2n) is 3.91. The Balaban J connectivity index is 2.58. The van der Waals surface area contributed by atoms with Gasteiger partial charge in [-0.05, 0) is 31.2 Å². The zero-order valence-electron chi connectivity index (χ0n) is 9.51. The summed E-state index contributed by atoms with van der Waals surface area (Å²) in [6.07, 6.45) is 0. The number of rotatable bonds is 2. The van der Waals surface area contributed by atoms with Crippen molar-refractivity contribution in [1.29, 1.82) is 0 Å². The fourth-order valence-corrected chi connectivity index (χ4v) is 2.09. The van der Waals surface area contributed by atoms with E-state index in [0.717, 1.165) is 17.7 Å². The first-order valence-corrected chi connectivity index (χ1v) is 6.05. The van der Waals surface area contributed by atoms with E-state index in [1.165, 1.54) is 6.07 Å². The number of halogens is 3. The van der Waals surface area contributed by atoms with Crippen LogP contribution < -0.4 is 0 Å². The Morgan fingerprint density at radius 3 is 2.33 bits per heavy atom. The van der Waals surface area contributed by atoms with Gasteiger partial charge in [-0.15, -0.1) is 0 Å². The molecule has 2 rings (SSSR count). The van der Waals surface area contributed by atoms with E-state index in [0.29, 0.717) is 4.47 Å². The maximum atomic E-state index is 13.5. The largest absolute Gasteiger partial charge is 0.288 e. The smallest absolute Gasteiger partial charge is 0.200 e. The molecule has 0 fully saturated rings. The standard InChI is InChI=1S/C14H9BrF2O/c1-8-5-6-10(15)9(7-8)14(18)13-11(16)3-2-4-12(13)17/h2-7H,1H3. The molecule has 0 bridgehead atoms. The first-order valence-electron chi connectivity index (χ1n) is 5.25. The van der Waals surface area contributed by atoms with Crippen LogP contribution in [0, 0.1) is 18.6 Å². The van der Waals surface area contributed by atoms with E-state index in [2.05, 4.69) is 15.9 Å². The van der Waals surface area contributed by atoms with Gasteiger partial charge in [0.15, 0.2) is 5.78 Å². The van der Waals surface area contributed by atoms with Crippen molar-refractivity contribution >= 4 is 21.7 Å². The van der Waals surface area contributed by atoms with Gasteiger partial charge >= 0.3 is 0 Å². The number of carbonyl (C=O) groups is 1. The number of ketones is 1. The average Bonchev–Trinajstić information content (AvgIpc) is 2.32. The van der Waals surface area contributed by atoms with Gasteiger partial charge in [-0.2, -0.15) is 0 Å². The summed E-state index contributed by atoms with van der Waals surface area (Å²) in [5.74, 6) is -2.37. The van der Waals surface area contributed by atoms with Gasteiger partial charge in [0.2, 0.25) is 0 Å². The number of carbonyl (C=O) groups excluding carboxylic acids is 1. The molecule has 0 saturated heterocycles. The van der Waals surface area contributed by atoms with Gasteiger partial charge < -0.3 is 0 Å². The quantitative estimate of drug-likeness (QED) is 0.757. The minimum absolute atomic E-state index is 0.249. The Bertz CT molecular complexity index is 603. The second-order valence-corrected chi connectivity index (χ2v) is 4.76. The SMILES string of the molecule is Cc1ccc(Br)c(C(=O)c2c(F)cccc2F)c1. The molecule has 92 valence electrons. The molecule has 0 amide bonds. The highest BCUT2D eigenvalue weighted by molar-refractivity contribution is 9.10. The van der Waals surface area contributed by atoms with Crippen LogP contribution in [0.1, 0.15) is 21.5 Å². The van der Waals surface area contributed by atoms with Gasteiger partial charge in [0, 0.05) is 10.0 Å². The van der Waals surface area contributed by atoms with Crippen molar-refractivity contribution < 1.29 is 13.6 Å². The zero-order valence-corrected chi connectivity index (χ0v) is 11.1. The van der Waals surface area contributed by atoms with Gasteiger partial charge in [0.25, 0.3) is 0 Å². The van der Waals surface area contributed by atoms with Crippen LogP contribution in [-0.4, -0.2) is 5.78 Å². The molecule has 0 aliphatic carbocycles. The lowest BCUT2D eigenvalue weighted by molar-refractivity contribution is 0.103. The van der Waals surface area contributed by atoms with Crippen LogP contribution in [0.3, 0.4) is 0 Å². The average molecular weight is 311 g/mol. The highest BCUT2D eigenvalue weighted by Gasteiger charge is 2.20. The summed E-state index contributed by atoms with van der Waals surface area (Å²) >= 11 is 3.21. The summed E-state index contributed by atoms with van der Waals surface area (Å²) in [7, 11) is 0. The third-order valence-electron chi connectivity index (χ3n) is 2.56. The van der Waals surface area contributed by atoms with Crippen LogP contribution in [0.2, 0.25) is 0 Å². The highest BCUT2D eigenvalue weighted by atomic mass is 79.9. The Morgan fingerprint density at radius 2 is 1.72 bits per heavy atom. The molecule has 0 spiro atoms. The van der Waals surface area contributed by atoms with E-state index in [1.807, 2.05) is 0 Å². The van der Waals surface area contributed by atoms with E-state index < -0.39 is 23.0 Å². The molecule has 0 radical (unpaired) electrons. The number of hydrogen-bond donors (Lipinski definition) is 0. The minimum Gasteiger partial charge on any atom is -0.288 e. The molecule has 0 atom stereocenters. The van der Waals surface area contributed by atoms with Gasteiger partial charge in [0.05, 0.1) is 5.56 Å². The molecule has 0 aliphatic heterocycles. The Hall–Kier alpha value is -1.55. The van der Waals surface area contributed by atoms with Crippen LogP contribution in [0.15, 0.2) is 40.9 Å². The van der Waals surface area contributed by atoms with E-state index in [4.69, 9.17) is 0 Å². The summed E-state index contributed by atoms with van der Waals surface area (Å²) < 4.78 is 27.6. The van der Waals surface area contributed by atoms with Crippen molar-refractivity contribution in [2.75, 3.05) is 0 Å². The third kappa shape index (κ3) is 2.34. The van der Waals surface area contributed by atoms with Crippen LogP contribution >= 0.6 is 15.9 Å². The van der Waals surface area contributed by atoms with Crippen LogP contribution in [0.5, 0.6) is 0 Å². The molecular formula is C14H9BrF2O. The fraction of sp³-hybridized carbons (Fsp3) is 0.0714. The van der Waals surface area contributed by atoms with E-state index in [-0.39, 0.29) is 5.56 Å². The monoisotopic (exact) mass is 310 g/mol. The summed E-state index contributed by atoms with van der Waals surface area (Å²) in [4.78, 5) is 12.2. The predicted octanol–water partition coefficient (Wildman–Crippen LogP) is 4.27. The lowest BCUT2D eigenvalue weighted by Gasteiger charge is -2.07. The number of hydrogen-bond acceptors (Lipinski definition) is 1. The molecule has 0 saturated carbocycles. The lowest BCUT2D eigenvalue weighted by atomic mass is 10.0. The van der Waals surface area contributed by atoms with E-state index in [9.17, 15) is 13.6 Å². The first-order chi connectivity index (χ1) is 8.50. The summed E-state index contributed by atoms with van der Waals surface area (Å²) in [6, 6.07) is 8.45. The van der Waals surface area contributed by atoms with Crippen LogP contribution in [-0.2, 0) is 0 Å². The summed E-state index contributed by atoms with van der Waals surface area (Å²) in [5.41, 5.74) is 0.570. The van der Waals surface area contributed by atoms with Crippen molar-refractivity contribution in [3.8, 4) is 0 Å². The third-order valence-corrected chi connectivity index (χ3v) is 3.25. The van der Waals surface area contributed by atoms with Crippen molar-refractivity contribution in [2.45, 2.75) is 6.92 Å². The van der Waals surface area contributed by atoms with E-state index in [1.54, 1.807) is 25.1 Å². The fourth-order valence-electron chi connectivity index (χ4n) is 1.66. The molecule has 0 unspecified atom stereocenters. The Kier molecular flexibility index (Phi) is 3.57. The van der Waals surface area contributed by atoms with Gasteiger partial charge in [-0.1, -0.05) is 33.6 Å². The van der Waals surface area contributed by atoms with Crippen molar-refractivity contribution in [3.63, 3.8) is 0 Å². The summed E-state index contributed by atoms with van der Waals surface area (Å²) in [5, 5.41) is 0. The predicted molar refractivity (Wildman–Crippen MR) is 68.7 cm³/mol. The summed E-state index contributed by atoms with van der Waals surface area (Å²) in [6.45, 7) is 1.81. The minimum atomic E-state index is -0.853. The molecule has 0 heterocycles. The normalized spacial score (nSPS) is 10.4. The Labute approximate surface area is 112 Å². The first kappa shape index (κ1) is 12.9. The number of benzene rings is 2. The molecule has 2 aromatic carbocycles. The van der Waals surface area contributed by atoms with Crippen LogP contribution in [0.4, 0.5) is 8.78 Å². The lowest BCUT2D eigenvalue weighted by Crippen LogP contribution is -2.08. The maximum Gasteiger partial charge on any atom is 0.200 e. The number of aryl methyl sites for hydroxylation is 1. The second kappa shape index (κ2) is 4.98. The molecular weight excluding hydrogens is 302 g/mol. The molecule has 0 N–H and O–H groups in total. The van der Waals surface area contributed by atoms with Gasteiger partial charge in [0.1, 0.15) is 11.6 Å². The van der Waals surface area contributed by atoms with Crippen LogP contribution in [0.25, 0.3) is 0 Å². The molecule has 18 heavy (non-hydrogen) atoms. The maximum absolute atomic E-state index is 13.5. The van der Waals surface area contributed by atoms with Crippen molar-refractivity contribution in [3.05, 3.63) is 69.2 Å². The Morgan fingerprint density at radius 1 is 1.11 bits per heavy atom. The zero-order chi connectivity index (χ0) is 13.3. The van der Waals surface area contributed by atoms with Gasteiger partial charge in [-0.3, -0.25) is 4.79 Å². The van der Waals surface area contributed by atoms with Crippen molar-refractivity contribution in [1.82, 2.24) is 0 Å². The molecule has 0 aliphatic rings. The highest BCUT2D eigenvalue weighted by Crippen LogP contribution is 2.24. The topological polar surface area (TPSA) is 17.1 Å². The molecule has 2 aromatic rings. The molecule has 0 aromatic heterocycles. The van der Waals surface area contributed by atoms with Gasteiger partial charge in [-0.25, -0.2) is 8.78 Å². The molecule has 4 heteroatoms. The molecule has 1 nitrogen and oxygen atoms in total. The van der Waals surface area contributed by atoms with E-state index >= 15 is 0 Å². The van der Waals surface area contributed by atoms with Crippen molar-refractivity contribution in [2.24, 2.45) is 0 Å².